The summed E-state index contributed by atoms with van der Waals surface area (Å²) in [5, 5.41) is 8.60. The Kier molecular flexibility index (Phi) is 17.4. The predicted molar refractivity (Wildman–Crippen MR) is 56.6 cm³/mol. The first-order valence-electron chi connectivity index (χ1n) is 3.95. The van der Waals surface area contributed by atoms with Crippen LogP contribution < -0.4 is 0 Å². The van der Waals surface area contributed by atoms with Crippen LogP contribution in [0.1, 0.15) is 39.5 Å². The summed E-state index contributed by atoms with van der Waals surface area (Å²) in [4.78, 5) is 10.4. The number of unbranched alkanes of at least 4 members (excludes halogenated alkanes) is 1. The van der Waals surface area contributed by atoms with Crippen LogP contribution in [0.2, 0.25) is 0 Å². The van der Waals surface area contributed by atoms with Gasteiger partial charge in [-0.15, -0.1) is 0 Å². The first-order chi connectivity index (χ1) is 4.72. The van der Waals surface area contributed by atoms with Gasteiger partial charge in [-0.25, -0.2) is 0 Å². The molecule has 0 aromatic heterocycles. The van der Waals surface area contributed by atoms with Crippen LogP contribution in [0.4, 0.5) is 0 Å². The molecule has 0 heterocycles. The molecular formula is C8H19BBiO2. The van der Waals surface area contributed by atoms with Crippen molar-refractivity contribution in [2.45, 2.75) is 39.5 Å². The van der Waals surface area contributed by atoms with Gasteiger partial charge < -0.3 is 5.11 Å². The average Bonchev–Trinajstić information content (AvgIpc) is 1.89. The standard InChI is InChI=1S/C8H16O2.B.Bi.3H/c1-3-5-6-7(4-2)8(9)10;;;;;/h7H,3-6H2,1-2H3,(H,9,10);;;;;. The third kappa shape index (κ3) is 8.51. The molecule has 0 aliphatic rings. The summed E-state index contributed by atoms with van der Waals surface area (Å²) in [7, 11) is 0. The summed E-state index contributed by atoms with van der Waals surface area (Å²) in [6, 6.07) is 0. The quantitative estimate of drug-likeness (QED) is 0.728. The van der Waals surface area contributed by atoms with Gasteiger partial charge in [0.2, 0.25) is 0 Å². The molecule has 0 bridgehead atoms. The zero-order valence-corrected chi connectivity index (χ0v) is 13.5. The Bertz CT molecular complexity index is 109. The molecule has 1 unspecified atom stereocenters. The molecule has 0 saturated heterocycles. The van der Waals surface area contributed by atoms with Crippen LogP contribution in [-0.2, 0) is 4.79 Å². The third-order valence-corrected chi connectivity index (χ3v) is 1.75. The molecule has 0 aromatic carbocycles. The van der Waals surface area contributed by atoms with Gasteiger partial charge in [0.25, 0.3) is 0 Å². The monoisotopic (exact) mass is 367 g/mol. The number of hydrogen-bond donors (Lipinski definition) is 1. The van der Waals surface area contributed by atoms with Gasteiger partial charge in [-0.1, -0.05) is 26.7 Å². The molecule has 0 aliphatic carbocycles. The third-order valence-electron chi connectivity index (χ3n) is 1.75. The van der Waals surface area contributed by atoms with Crippen molar-refractivity contribution in [3.63, 3.8) is 0 Å². The van der Waals surface area contributed by atoms with Crippen molar-refractivity contribution in [2.75, 3.05) is 0 Å². The van der Waals surface area contributed by atoms with Crippen molar-refractivity contribution in [2.24, 2.45) is 5.92 Å². The molecule has 0 aliphatic heterocycles. The number of carboxylic acid groups (broad SMARTS) is 1. The predicted octanol–water partition coefficient (Wildman–Crippen LogP) is 0.723. The zero-order valence-electron chi connectivity index (χ0n) is 8.05. The van der Waals surface area contributed by atoms with Crippen LogP contribution in [0.5, 0.6) is 0 Å². The fourth-order valence-corrected chi connectivity index (χ4v) is 0.953. The van der Waals surface area contributed by atoms with Gasteiger partial charge in [-0.2, -0.15) is 0 Å². The molecule has 0 fully saturated rings. The fourth-order valence-electron chi connectivity index (χ4n) is 0.953. The van der Waals surface area contributed by atoms with Crippen LogP contribution >= 0.6 is 0 Å². The van der Waals surface area contributed by atoms with Crippen molar-refractivity contribution in [1.29, 1.82) is 0 Å². The number of carboxylic acids is 1. The van der Waals surface area contributed by atoms with E-state index in [0.29, 0.717) is 0 Å². The van der Waals surface area contributed by atoms with Crippen molar-refractivity contribution in [3.05, 3.63) is 0 Å². The van der Waals surface area contributed by atoms with Gasteiger partial charge in [0.05, 0.1) is 5.92 Å². The summed E-state index contributed by atoms with van der Waals surface area (Å²) in [5.74, 6) is -0.754. The Morgan fingerprint density at radius 1 is 1.42 bits per heavy atom. The Hall–Kier alpha value is 0.418. The second-order valence-electron chi connectivity index (χ2n) is 2.59. The van der Waals surface area contributed by atoms with E-state index in [0.717, 1.165) is 25.7 Å². The summed E-state index contributed by atoms with van der Waals surface area (Å²) in [6.07, 6.45) is 3.71. The van der Waals surface area contributed by atoms with Gasteiger partial charge in [0.15, 0.2) is 0 Å². The van der Waals surface area contributed by atoms with E-state index in [1.54, 1.807) is 0 Å². The molecule has 0 rings (SSSR count). The number of rotatable bonds is 5. The van der Waals surface area contributed by atoms with Crippen molar-refractivity contribution in [1.82, 2.24) is 0 Å². The molecule has 4 heteroatoms. The summed E-state index contributed by atoms with van der Waals surface area (Å²) >= 11 is 0. The van der Waals surface area contributed by atoms with Crippen molar-refractivity contribution >= 4 is 40.6 Å². The van der Waals surface area contributed by atoms with Gasteiger partial charge in [0, 0.05) is 8.41 Å². The molecule has 71 valence electrons. The molecule has 0 spiro atoms. The normalized spacial score (nSPS) is 10.8. The van der Waals surface area contributed by atoms with Crippen molar-refractivity contribution < 1.29 is 9.90 Å². The second kappa shape index (κ2) is 11.4. The molecule has 12 heavy (non-hydrogen) atoms. The minimum absolute atomic E-state index is 0. The van der Waals surface area contributed by atoms with E-state index < -0.39 is 5.97 Å². The Balaban J connectivity index is -0.000000405. The SMILES string of the molecule is CCCCC(CC)C(=O)O.[B].[BiH3]. The van der Waals surface area contributed by atoms with Crippen LogP contribution in [0.25, 0.3) is 0 Å². The van der Waals surface area contributed by atoms with E-state index >= 15 is 0 Å². The maximum atomic E-state index is 10.4. The Labute approximate surface area is 95.8 Å². The molecule has 3 radical (unpaired) electrons. The average molecular weight is 367 g/mol. The van der Waals surface area contributed by atoms with E-state index in [9.17, 15) is 4.79 Å². The van der Waals surface area contributed by atoms with Crippen LogP contribution in [-0.4, -0.2) is 45.7 Å². The van der Waals surface area contributed by atoms with E-state index in [2.05, 4.69) is 6.92 Å². The minimum atomic E-state index is -0.643. The van der Waals surface area contributed by atoms with Crippen LogP contribution in [0.15, 0.2) is 0 Å². The van der Waals surface area contributed by atoms with E-state index in [4.69, 9.17) is 5.11 Å². The van der Waals surface area contributed by atoms with Gasteiger partial charge >= 0.3 is 32.2 Å². The topological polar surface area (TPSA) is 37.3 Å². The van der Waals surface area contributed by atoms with E-state index in [1.807, 2.05) is 6.92 Å². The van der Waals surface area contributed by atoms with Crippen LogP contribution in [0, 0.1) is 5.92 Å². The number of aliphatic carboxylic acids is 1. The molecular weight excluding hydrogens is 348 g/mol. The number of hydrogen-bond acceptors (Lipinski definition) is 1. The molecule has 2 nitrogen and oxygen atoms in total. The van der Waals surface area contributed by atoms with E-state index in [-0.39, 0.29) is 40.5 Å². The first kappa shape index (κ1) is 18.3. The van der Waals surface area contributed by atoms with Crippen molar-refractivity contribution in [3.8, 4) is 0 Å². The summed E-state index contributed by atoms with van der Waals surface area (Å²) in [6.45, 7) is 4.00. The Morgan fingerprint density at radius 2 is 1.92 bits per heavy atom. The molecule has 1 N–H and O–H groups in total. The summed E-state index contributed by atoms with van der Waals surface area (Å²) in [5.41, 5.74) is 0. The molecule has 0 saturated carbocycles. The van der Waals surface area contributed by atoms with E-state index in [1.165, 1.54) is 0 Å². The van der Waals surface area contributed by atoms with Gasteiger partial charge in [0.1, 0.15) is 0 Å². The zero-order chi connectivity index (χ0) is 7.98. The maximum absolute atomic E-state index is 10.4. The van der Waals surface area contributed by atoms with Crippen LogP contribution in [0.3, 0.4) is 0 Å². The van der Waals surface area contributed by atoms with Gasteiger partial charge in [-0.05, 0) is 12.8 Å². The van der Waals surface area contributed by atoms with Gasteiger partial charge in [-0.3, -0.25) is 4.79 Å². The Morgan fingerprint density at radius 3 is 2.17 bits per heavy atom. The molecule has 0 aromatic rings. The number of carbonyl (C=O) groups is 1. The first-order valence-corrected chi connectivity index (χ1v) is 3.95. The molecule has 0 amide bonds. The fraction of sp³-hybridized carbons (Fsp3) is 0.875. The summed E-state index contributed by atoms with van der Waals surface area (Å²) < 4.78 is 0. The second-order valence-corrected chi connectivity index (χ2v) is 2.59. The molecule has 1 atom stereocenters.